The number of carbonyl (C=O) groups is 1. The van der Waals surface area contributed by atoms with Crippen LogP contribution >= 0.6 is 0 Å². The third-order valence-corrected chi connectivity index (χ3v) is 4.34. The summed E-state index contributed by atoms with van der Waals surface area (Å²) in [6.45, 7) is 3.94. The van der Waals surface area contributed by atoms with Gasteiger partial charge in [0.25, 0.3) is 0 Å². The van der Waals surface area contributed by atoms with Crippen molar-refractivity contribution in [2.24, 2.45) is 0 Å². The Kier molecular flexibility index (Phi) is 7.33. The minimum absolute atomic E-state index is 0.0783. The van der Waals surface area contributed by atoms with Gasteiger partial charge in [0.15, 0.2) is 0 Å². The van der Waals surface area contributed by atoms with Gasteiger partial charge >= 0.3 is 6.03 Å². The van der Waals surface area contributed by atoms with Gasteiger partial charge in [-0.2, -0.15) is 0 Å². The molecule has 2 rings (SSSR count). The maximum atomic E-state index is 12.3. The van der Waals surface area contributed by atoms with E-state index < -0.39 is 0 Å². The minimum atomic E-state index is -0.207. The molecule has 0 aromatic heterocycles. The lowest BCUT2D eigenvalue weighted by Crippen LogP contribution is -2.42. The molecule has 0 heterocycles. The molecule has 2 N–H and O–H groups in total. The molecule has 5 nitrogen and oxygen atoms in total. The fraction of sp³-hybridized carbons (Fsp3) is 0.381. The van der Waals surface area contributed by atoms with Crippen molar-refractivity contribution in [3.8, 4) is 11.5 Å². The average Bonchev–Trinajstić information content (AvgIpc) is 2.66. The molecule has 0 aliphatic carbocycles. The van der Waals surface area contributed by atoms with Crippen LogP contribution < -0.4 is 20.1 Å². The van der Waals surface area contributed by atoms with E-state index in [0.29, 0.717) is 0 Å². The molecule has 2 aromatic rings. The molecule has 0 saturated heterocycles. The molecule has 26 heavy (non-hydrogen) atoms. The summed E-state index contributed by atoms with van der Waals surface area (Å²) in [4.78, 5) is 12.3. The molecule has 0 aliphatic heterocycles. The van der Waals surface area contributed by atoms with E-state index in [-0.39, 0.29) is 18.1 Å². The number of urea groups is 1. The monoisotopic (exact) mass is 356 g/mol. The van der Waals surface area contributed by atoms with Crippen LogP contribution in [0.3, 0.4) is 0 Å². The molecule has 0 unspecified atom stereocenters. The number of ether oxygens (including phenoxy) is 2. The Morgan fingerprint density at radius 3 is 2.38 bits per heavy atom. The highest BCUT2D eigenvalue weighted by Gasteiger charge is 2.16. The van der Waals surface area contributed by atoms with Crippen LogP contribution in [-0.4, -0.2) is 26.3 Å². The van der Waals surface area contributed by atoms with E-state index in [1.54, 1.807) is 14.2 Å². The van der Waals surface area contributed by atoms with Gasteiger partial charge in [-0.25, -0.2) is 4.79 Å². The second-order valence-electron chi connectivity index (χ2n) is 6.37. The summed E-state index contributed by atoms with van der Waals surface area (Å²) in [7, 11) is 3.23. The van der Waals surface area contributed by atoms with Crippen LogP contribution in [0, 0.1) is 0 Å². The number of carbonyl (C=O) groups excluding carboxylic acids is 1. The van der Waals surface area contributed by atoms with E-state index in [4.69, 9.17) is 9.47 Å². The third-order valence-electron chi connectivity index (χ3n) is 4.34. The van der Waals surface area contributed by atoms with Gasteiger partial charge in [-0.3, -0.25) is 0 Å². The van der Waals surface area contributed by atoms with Crippen LogP contribution in [0.2, 0.25) is 0 Å². The Labute approximate surface area is 155 Å². The Balaban J connectivity index is 1.88. The van der Waals surface area contributed by atoms with Gasteiger partial charge in [-0.15, -0.1) is 0 Å². The van der Waals surface area contributed by atoms with E-state index in [9.17, 15) is 4.79 Å². The molecule has 2 atom stereocenters. The number of hydrogen-bond acceptors (Lipinski definition) is 3. The Hall–Kier alpha value is -2.69. The standard InChI is InChI=1S/C21H28N2O3/c1-15(10-11-17-8-6-5-7-9-17)22-21(24)23-16(2)19-14-18(25-3)12-13-20(19)26-4/h5-9,12-16H,10-11H2,1-4H3,(H2,22,23,24)/t15-,16+/m0/s1. The summed E-state index contributed by atoms with van der Waals surface area (Å²) in [5.41, 5.74) is 2.15. The first kappa shape index (κ1) is 19.6. The van der Waals surface area contributed by atoms with Crippen molar-refractivity contribution >= 4 is 6.03 Å². The van der Waals surface area contributed by atoms with Gasteiger partial charge in [0.05, 0.1) is 20.3 Å². The summed E-state index contributed by atoms with van der Waals surface area (Å²) >= 11 is 0. The number of aryl methyl sites for hydroxylation is 1. The summed E-state index contributed by atoms with van der Waals surface area (Å²) in [5, 5.41) is 5.96. The zero-order valence-corrected chi connectivity index (χ0v) is 15.9. The van der Waals surface area contributed by atoms with E-state index in [0.717, 1.165) is 29.9 Å². The highest BCUT2D eigenvalue weighted by atomic mass is 16.5. The zero-order chi connectivity index (χ0) is 18.9. The second-order valence-corrected chi connectivity index (χ2v) is 6.37. The topological polar surface area (TPSA) is 59.6 Å². The molecular weight excluding hydrogens is 328 g/mol. The van der Waals surface area contributed by atoms with Gasteiger partial charge in [0, 0.05) is 11.6 Å². The Bertz CT molecular complexity index is 704. The smallest absolute Gasteiger partial charge is 0.315 e. The summed E-state index contributed by atoms with van der Waals surface area (Å²) in [5.74, 6) is 1.45. The number of amides is 2. The SMILES string of the molecule is COc1ccc(OC)c([C@@H](C)NC(=O)N[C@@H](C)CCc2ccccc2)c1. The van der Waals surface area contributed by atoms with Crippen molar-refractivity contribution in [2.75, 3.05) is 14.2 Å². The van der Waals surface area contributed by atoms with Crippen LogP contribution in [0.5, 0.6) is 11.5 Å². The average molecular weight is 356 g/mol. The maximum Gasteiger partial charge on any atom is 0.315 e. The highest BCUT2D eigenvalue weighted by Crippen LogP contribution is 2.29. The van der Waals surface area contributed by atoms with Gasteiger partial charge in [0.1, 0.15) is 11.5 Å². The van der Waals surface area contributed by atoms with Gasteiger partial charge in [-0.05, 0) is 50.5 Å². The van der Waals surface area contributed by atoms with Crippen molar-refractivity contribution in [3.63, 3.8) is 0 Å². The van der Waals surface area contributed by atoms with Gasteiger partial charge in [0.2, 0.25) is 0 Å². The number of rotatable bonds is 8. The quantitative estimate of drug-likeness (QED) is 0.749. The molecular formula is C21H28N2O3. The number of nitrogens with one attached hydrogen (secondary N) is 2. The molecule has 2 aromatic carbocycles. The van der Waals surface area contributed by atoms with Crippen LogP contribution in [-0.2, 0) is 6.42 Å². The van der Waals surface area contributed by atoms with Gasteiger partial charge < -0.3 is 20.1 Å². The lowest BCUT2D eigenvalue weighted by molar-refractivity contribution is 0.234. The Morgan fingerprint density at radius 2 is 1.73 bits per heavy atom. The van der Waals surface area contributed by atoms with Crippen molar-refractivity contribution in [1.29, 1.82) is 0 Å². The molecule has 0 fully saturated rings. The van der Waals surface area contributed by atoms with Crippen LogP contribution in [0.4, 0.5) is 4.79 Å². The van der Waals surface area contributed by atoms with Crippen LogP contribution in [0.15, 0.2) is 48.5 Å². The van der Waals surface area contributed by atoms with Crippen molar-refractivity contribution in [3.05, 3.63) is 59.7 Å². The minimum Gasteiger partial charge on any atom is -0.497 e. The lowest BCUT2D eigenvalue weighted by Gasteiger charge is -2.20. The first-order chi connectivity index (χ1) is 12.5. The van der Waals surface area contributed by atoms with Crippen molar-refractivity contribution in [1.82, 2.24) is 10.6 Å². The number of hydrogen-bond donors (Lipinski definition) is 2. The maximum absolute atomic E-state index is 12.3. The molecule has 5 heteroatoms. The molecule has 0 radical (unpaired) electrons. The molecule has 2 amide bonds. The fourth-order valence-electron chi connectivity index (χ4n) is 2.82. The van der Waals surface area contributed by atoms with Crippen molar-refractivity contribution < 1.29 is 14.3 Å². The van der Waals surface area contributed by atoms with E-state index in [2.05, 4.69) is 22.8 Å². The third kappa shape index (κ3) is 5.69. The number of methoxy groups -OCH3 is 2. The zero-order valence-electron chi connectivity index (χ0n) is 15.9. The van der Waals surface area contributed by atoms with Crippen molar-refractivity contribution in [2.45, 2.75) is 38.8 Å². The predicted molar refractivity (Wildman–Crippen MR) is 104 cm³/mol. The predicted octanol–water partition coefficient (Wildman–Crippen LogP) is 4.09. The second kappa shape index (κ2) is 9.70. The highest BCUT2D eigenvalue weighted by molar-refractivity contribution is 5.74. The molecule has 140 valence electrons. The first-order valence-electron chi connectivity index (χ1n) is 8.86. The summed E-state index contributed by atoms with van der Waals surface area (Å²) in [6.07, 6.45) is 1.82. The summed E-state index contributed by atoms with van der Waals surface area (Å²) in [6, 6.07) is 15.5. The largest absolute Gasteiger partial charge is 0.497 e. The van der Waals surface area contributed by atoms with E-state index in [1.807, 2.05) is 50.2 Å². The van der Waals surface area contributed by atoms with Gasteiger partial charge in [-0.1, -0.05) is 30.3 Å². The van der Waals surface area contributed by atoms with E-state index >= 15 is 0 Å². The summed E-state index contributed by atoms with van der Waals surface area (Å²) < 4.78 is 10.7. The lowest BCUT2D eigenvalue weighted by atomic mass is 10.1. The number of benzene rings is 2. The molecule has 0 bridgehead atoms. The molecule has 0 spiro atoms. The Morgan fingerprint density at radius 1 is 1.00 bits per heavy atom. The van der Waals surface area contributed by atoms with E-state index in [1.165, 1.54) is 5.56 Å². The molecule has 0 saturated carbocycles. The fourth-order valence-corrected chi connectivity index (χ4v) is 2.82. The normalized spacial score (nSPS) is 12.8. The van der Waals surface area contributed by atoms with Crippen LogP contribution in [0.25, 0.3) is 0 Å². The van der Waals surface area contributed by atoms with Crippen LogP contribution in [0.1, 0.15) is 37.4 Å². The first-order valence-corrected chi connectivity index (χ1v) is 8.86. The molecule has 0 aliphatic rings.